The number of rotatable bonds is 4. The molecule has 94 valence electrons. The summed E-state index contributed by atoms with van der Waals surface area (Å²) in [5, 5.41) is 0. The quantitative estimate of drug-likeness (QED) is 0.889. The molecule has 0 saturated carbocycles. The third-order valence-corrected chi connectivity index (χ3v) is 3.22. The molecule has 1 unspecified atom stereocenters. The van der Waals surface area contributed by atoms with Crippen molar-refractivity contribution < 1.29 is 0 Å². The van der Waals surface area contributed by atoms with Crippen LogP contribution in [0.1, 0.15) is 41.8 Å². The zero-order valence-corrected chi connectivity index (χ0v) is 11.1. The van der Waals surface area contributed by atoms with Gasteiger partial charge in [0.15, 0.2) is 0 Å². The standard InChI is InChI=1S/C16H20N2/c1-3-5-13-7-9-14(10-8-13)15(17)16-12(2)6-4-11-18-16/h4,6-11,15H,3,5,17H2,1-2H3. The maximum atomic E-state index is 6.28. The lowest BCUT2D eigenvalue weighted by Gasteiger charge is -2.14. The van der Waals surface area contributed by atoms with Crippen molar-refractivity contribution in [3.05, 3.63) is 65.0 Å². The van der Waals surface area contributed by atoms with E-state index in [1.54, 1.807) is 6.20 Å². The zero-order valence-electron chi connectivity index (χ0n) is 11.1. The molecule has 0 saturated heterocycles. The second kappa shape index (κ2) is 5.78. The molecule has 1 heterocycles. The van der Waals surface area contributed by atoms with Gasteiger partial charge in [-0.25, -0.2) is 0 Å². The van der Waals surface area contributed by atoms with Gasteiger partial charge in [-0.2, -0.15) is 0 Å². The van der Waals surface area contributed by atoms with Crippen molar-refractivity contribution >= 4 is 0 Å². The lowest BCUT2D eigenvalue weighted by Crippen LogP contribution is -2.14. The summed E-state index contributed by atoms with van der Waals surface area (Å²) >= 11 is 0. The van der Waals surface area contributed by atoms with Crippen LogP contribution in [-0.2, 0) is 6.42 Å². The molecular formula is C16H20N2. The molecule has 1 atom stereocenters. The Balaban J connectivity index is 2.23. The van der Waals surface area contributed by atoms with Crippen LogP contribution >= 0.6 is 0 Å². The first-order valence-electron chi connectivity index (χ1n) is 6.48. The highest BCUT2D eigenvalue weighted by Gasteiger charge is 2.12. The molecular weight excluding hydrogens is 220 g/mol. The fourth-order valence-corrected chi connectivity index (χ4v) is 2.16. The Morgan fingerprint density at radius 2 is 1.89 bits per heavy atom. The van der Waals surface area contributed by atoms with Crippen LogP contribution in [0.4, 0.5) is 0 Å². The van der Waals surface area contributed by atoms with Gasteiger partial charge >= 0.3 is 0 Å². The minimum Gasteiger partial charge on any atom is -0.319 e. The highest BCUT2D eigenvalue weighted by atomic mass is 14.8. The molecule has 2 aromatic rings. The Labute approximate surface area is 109 Å². The van der Waals surface area contributed by atoms with Crippen LogP contribution in [0.3, 0.4) is 0 Å². The van der Waals surface area contributed by atoms with Crippen LogP contribution in [0.2, 0.25) is 0 Å². The maximum Gasteiger partial charge on any atom is 0.0729 e. The minimum absolute atomic E-state index is 0.137. The molecule has 2 nitrogen and oxygen atoms in total. The van der Waals surface area contributed by atoms with E-state index < -0.39 is 0 Å². The van der Waals surface area contributed by atoms with Gasteiger partial charge in [0.25, 0.3) is 0 Å². The summed E-state index contributed by atoms with van der Waals surface area (Å²) in [5.41, 5.74) is 10.9. The molecule has 0 aliphatic rings. The molecule has 0 spiro atoms. The monoisotopic (exact) mass is 240 g/mol. The van der Waals surface area contributed by atoms with Crippen LogP contribution in [0.25, 0.3) is 0 Å². The number of pyridine rings is 1. The van der Waals surface area contributed by atoms with E-state index >= 15 is 0 Å². The first-order valence-corrected chi connectivity index (χ1v) is 6.48. The summed E-state index contributed by atoms with van der Waals surface area (Å²) in [6.45, 7) is 4.24. The van der Waals surface area contributed by atoms with Gasteiger partial charge in [-0.1, -0.05) is 43.7 Å². The molecule has 0 fully saturated rings. The van der Waals surface area contributed by atoms with Gasteiger partial charge < -0.3 is 5.73 Å². The molecule has 0 bridgehead atoms. The van der Waals surface area contributed by atoms with E-state index in [2.05, 4.69) is 36.2 Å². The van der Waals surface area contributed by atoms with Crippen molar-refractivity contribution in [2.75, 3.05) is 0 Å². The van der Waals surface area contributed by atoms with Crippen LogP contribution in [-0.4, -0.2) is 4.98 Å². The van der Waals surface area contributed by atoms with Gasteiger partial charge in [0.1, 0.15) is 0 Å². The van der Waals surface area contributed by atoms with E-state index in [9.17, 15) is 0 Å². The molecule has 0 radical (unpaired) electrons. The van der Waals surface area contributed by atoms with Gasteiger partial charge in [0, 0.05) is 6.20 Å². The maximum absolute atomic E-state index is 6.28. The van der Waals surface area contributed by atoms with Gasteiger partial charge in [0.2, 0.25) is 0 Å². The van der Waals surface area contributed by atoms with E-state index in [1.807, 2.05) is 19.1 Å². The van der Waals surface area contributed by atoms with Crippen molar-refractivity contribution in [2.24, 2.45) is 5.73 Å². The third-order valence-electron chi connectivity index (χ3n) is 3.22. The Kier molecular flexibility index (Phi) is 4.11. The highest BCUT2D eigenvalue weighted by molar-refractivity contribution is 5.33. The van der Waals surface area contributed by atoms with Crippen molar-refractivity contribution in [1.29, 1.82) is 0 Å². The number of hydrogen-bond donors (Lipinski definition) is 1. The molecule has 0 aliphatic carbocycles. The zero-order chi connectivity index (χ0) is 13.0. The molecule has 2 N–H and O–H groups in total. The number of nitrogens with two attached hydrogens (primary N) is 1. The third kappa shape index (κ3) is 2.77. The van der Waals surface area contributed by atoms with Crippen molar-refractivity contribution in [2.45, 2.75) is 32.7 Å². The van der Waals surface area contributed by atoms with Crippen LogP contribution < -0.4 is 5.73 Å². The SMILES string of the molecule is CCCc1ccc(C(N)c2ncccc2C)cc1. The van der Waals surface area contributed by atoms with Gasteiger partial charge in [-0.3, -0.25) is 4.98 Å². The van der Waals surface area contributed by atoms with Gasteiger partial charge in [-0.05, 0) is 36.1 Å². The summed E-state index contributed by atoms with van der Waals surface area (Å²) in [7, 11) is 0. The molecule has 2 heteroatoms. The molecule has 0 amide bonds. The number of hydrogen-bond acceptors (Lipinski definition) is 2. The Hall–Kier alpha value is -1.67. The first-order chi connectivity index (χ1) is 8.72. The summed E-state index contributed by atoms with van der Waals surface area (Å²) in [5.74, 6) is 0. The van der Waals surface area contributed by atoms with E-state index in [1.165, 1.54) is 12.0 Å². The lowest BCUT2D eigenvalue weighted by molar-refractivity contribution is 0.815. The largest absolute Gasteiger partial charge is 0.319 e. The number of benzene rings is 1. The van der Waals surface area contributed by atoms with Crippen LogP contribution in [0, 0.1) is 6.92 Å². The second-order valence-electron chi connectivity index (χ2n) is 4.67. The molecule has 1 aromatic carbocycles. The van der Waals surface area contributed by atoms with Crippen molar-refractivity contribution in [1.82, 2.24) is 4.98 Å². The topological polar surface area (TPSA) is 38.9 Å². The number of nitrogens with zero attached hydrogens (tertiary/aromatic N) is 1. The molecule has 18 heavy (non-hydrogen) atoms. The first kappa shape index (κ1) is 12.8. The van der Waals surface area contributed by atoms with Crippen molar-refractivity contribution in [3.8, 4) is 0 Å². The van der Waals surface area contributed by atoms with E-state index in [0.29, 0.717) is 0 Å². The highest BCUT2D eigenvalue weighted by Crippen LogP contribution is 2.21. The fourth-order valence-electron chi connectivity index (χ4n) is 2.16. The Morgan fingerprint density at radius 3 is 2.50 bits per heavy atom. The van der Waals surface area contributed by atoms with E-state index in [0.717, 1.165) is 23.2 Å². The van der Waals surface area contributed by atoms with E-state index in [4.69, 9.17) is 5.73 Å². The van der Waals surface area contributed by atoms with Crippen LogP contribution in [0.15, 0.2) is 42.6 Å². The predicted octanol–water partition coefficient (Wildman–Crippen LogP) is 3.39. The fraction of sp³-hybridized carbons (Fsp3) is 0.312. The summed E-state index contributed by atoms with van der Waals surface area (Å²) < 4.78 is 0. The van der Waals surface area contributed by atoms with Crippen LogP contribution in [0.5, 0.6) is 0 Å². The van der Waals surface area contributed by atoms with Gasteiger partial charge in [0.05, 0.1) is 11.7 Å². The summed E-state index contributed by atoms with van der Waals surface area (Å²) in [6.07, 6.45) is 4.09. The van der Waals surface area contributed by atoms with Crippen molar-refractivity contribution in [3.63, 3.8) is 0 Å². The van der Waals surface area contributed by atoms with E-state index in [-0.39, 0.29) is 6.04 Å². The Morgan fingerprint density at radius 1 is 1.17 bits per heavy atom. The predicted molar refractivity (Wildman–Crippen MR) is 75.4 cm³/mol. The second-order valence-corrected chi connectivity index (χ2v) is 4.67. The smallest absolute Gasteiger partial charge is 0.0729 e. The summed E-state index contributed by atoms with van der Waals surface area (Å²) in [4.78, 5) is 4.39. The average molecular weight is 240 g/mol. The van der Waals surface area contributed by atoms with Gasteiger partial charge in [-0.15, -0.1) is 0 Å². The molecule has 1 aromatic heterocycles. The molecule has 0 aliphatic heterocycles. The average Bonchev–Trinajstić information content (AvgIpc) is 2.40. The number of aromatic nitrogens is 1. The lowest BCUT2D eigenvalue weighted by atomic mass is 9.99. The number of aryl methyl sites for hydroxylation is 2. The minimum atomic E-state index is -0.137. The molecule has 2 rings (SSSR count). The summed E-state index contributed by atoms with van der Waals surface area (Å²) in [6, 6.07) is 12.4. The Bertz CT molecular complexity index is 503. The normalized spacial score (nSPS) is 12.4.